The quantitative estimate of drug-likeness (QED) is 0.876. The Labute approximate surface area is 125 Å². The first-order valence-corrected chi connectivity index (χ1v) is 8.33. The maximum Gasteiger partial charge on any atom is 0.159 e. The molecule has 2 aliphatic carbocycles. The molecule has 2 aliphatic rings. The lowest BCUT2D eigenvalue weighted by molar-refractivity contribution is 0.117. The van der Waals surface area contributed by atoms with E-state index in [1.54, 1.807) is 6.07 Å². The van der Waals surface area contributed by atoms with E-state index in [1.807, 2.05) is 0 Å². The highest BCUT2D eigenvalue weighted by Gasteiger charge is 2.34. The van der Waals surface area contributed by atoms with Crippen LogP contribution in [0.3, 0.4) is 0 Å². The number of fused-ring (bicyclic) bond motifs is 1. The van der Waals surface area contributed by atoms with Crippen LogP contribution in [-0.4, -0.2) is 6.04 Å². The summed E-state index contributed by atoms with van der Waals surface area (Å²) in [7, 11) is 0. The molecule has 2 saturated carbocycles. The van der Waals surface area contributed by atoms with Crippen molar-refractivity contribution in [3.63, 3.8) is 0 Å². The van der Waals surface area contributed by atoms with Crippen LogP contribution in [0.15, 0.2) is 18.2 Å². The molecule has 0 saturated heterocycles. The van der Waals surface area contributed by atoms with Gasteiger partial charge in [0.1, 0.15) is 0 Å². The summed E-state index contributed by atoms with van der Waals surface area (Å²) in [5, 5.41) is 0. The van der Waals surface area contributed by atoms with Crippen LogP contribution in [0.4, 0.5) is 8.78 Å². The molecule has 4 unspecified atom stereocenters. The lowest BCUT2D eigenvalue weighted by atomic mass is 9.66. The highest BCUT2D eigenvalue weighted by molar-refractivity contribution is 5.19. The Morgan fingerprint density at radius 3 is 2.52 bits per heavy atom. The van der Waals surface area contributed by atoms with Gasteiger partial charge in [-0.25, -0.2) is 8.78 Å². The second-order valence-corrected chi connectivity index (χ2v) is 6.99. The Hall–Kier alpha value is -0.960. The first-order chi connectivity index (χ1) is 10.1. The fourth-order valence-electron chi connectivity index (χ4n) is 4.40. The lowest BCUT2D eigenvalue weighted by Crippen LogP contribution is -2.38. The molecule has 0 aliphatic heterocycles. The number of halogens is 2. The Bertz CT molecular complexity index is 488. The van der Waals surface area contributed by atoms with Crippen molar-refractivity contribution in [2.45, 2.75) is 57.4 Å². The predicted octanol–water partition coefficient (Wildman–Crippen LogP) is 4.44. The van der Waals surface area contributed by atoms with Crippen LogP contribution in [0.25, 0.3) is 0 Å². The zero-order valence-corrected chi connectivity index (χ0v) is 12.5. The van der Waals surface area contributed by atoms with E-state index < -0.39 is 11.6 Å². The van der Waals surface area contributed by atoms with E-state index in [2.05, 4.69) is 0 Å². The fourth-order valence-corrected chi connectivity index (χ4v) is 4.40. The molecule has 4 atom stereocenters. The third-order valence-electron chi connectivity index (χ3n) is 5.64. The van der Waals surface area contributed by atoms with Crippen molar-refractivity contribution in [3.05, 3.63) is 35.4 Å². The van der Waals surface area contributed by atoms with E-state index in [4.69, 9.17) is 5.73 Å². The van der Waals surface area contributed by atoms with Gasteiger partial charge in [-0.05, 0) is 61.1 Å². The monoisotopic (exact) mass is 293 g/mol. The van der Waals surface area contributed by atoms with Crippen LogP contribution < -0.4 is 5.73 Å². The van der Waals surface area contributed by atoms with Gasteiger partial charge in [-0.2, -0.15) is 0 Å². The van der Waals surface area contributed by atoms with Gasteiger partial charge in [-0.3, -0.25) is 0 Å². The molecular weight excluding hydrogens is 268 g/mol. The third-order valence-corrected chi connectivity index (χ3v) is 5.64. The molecule has 21 heavy (non-hydrogen) atoms. The first-order valence-electron chi connectivity index (χ1n) is 8.33. The Balaban J connectivity index is 1.60. The van der Waals surface area contributed by atoms with Crippen LogP contribution in [-0.2, 0) is 6.42 Å². The smallest absolute Gasteiger partial charge is 0.159 e. The van der Waals surface area contributed by atoms with Gasteiger partial charge in [0.05, 0.1) is 0 Å². The Morgan fingerprint density at radius 1 is 1.00 bits per heavy atom. The van der Waals surface area contributed by atoms with E-state index >= 15 is 0 Å². The van der Waals surface area contributed by atoms with Crippen molar-refractivity contribution in [2.75, 3.05) is 0 Å². The fraction of sp³-hybridized carbons (Fsp3) is 0.667. The zero-order chi connectivity index (χ0) is 14.8. The SMILES string of the molecule is NC(Cc1ccc(F)c(F)c1)C1CCC2CCCCC2C1. The van der Waals surface area contributed by atoms with Crippen LogP contribution in [0, 0.1) is 29.4 Å². The molecule has 1 aromatic carbocycles. The average Bonchev–Trinajstić information content (AvgIpc) is 2.50. The molecule has 116 valence electrons. The lowest BCUT2D eigenvalue weighted by Gasteiger charge is -2.41. The Kier molecular flexibility index (Phi) is 4.58. The number of benzene rings is 1. The van der Waals surface area contributed by atoms with Crippen molar-refractivity contribution >= 4 is 0 Å². The average molecular weight is 293 g/mol. The topological polar surface area (TPSA) is 26.0 Å². The molecule has 0 amide bonds. The van der Waals surface area contributed by atoms with Crippen LogP contribution in [0.5, 0.6) is 0 Å². The molecule has 0 aromatic heterocycles. The largest absolute Gasteiger partial charge is 0.327 e. The third kappa shape index (κ3) is 3.45. The van der Waals surface area contributed by atoms with Gasteiger partial charge in [-0.15, -0.1) is 0 Å². The standard InChI is InChI=1S/C18H25F2N/c19-16-8-5-12(9-17(16)20)10-18(21)15-7-6-13-3-1-2-4-14(13)11-15/h5,8-9,13-15,18H,1-4,6-7,10-11,21H2. The molecule has 0 radical (unpaired) electrons. The van der Waals surface area contributed by atoms with E-state index in [0.717, 1.165) is 17.4 Å². The van der Waals surface area contributed by atoms with Crippen LogP contribution in [0.1, 0.15) is 50.5 Å². The molecule has 3 heteroatoms. The summed E-state index contributed by atoms with van der Waals surface area (Å²) in [6, 6.07) is 4.22. The van der Waals surface area contributed by atoms with Crippen molar-refractivity contribution in [1.82, 2.24) is 0 Å². The normalized spacial score (nSPS) is 30.7. The molecule has 2 N–H and O–H groups in total. The molecular formula is C18H25F2N. The predicted molar refractivity (Wildman–Crippen MR) is 80.8 cm³/mol. The number of rotatable bonds is 3. The van der Waals surface area contributed by atoms with E-state index in [1.165, 1.54) is 57.1 Å². The van der Waals surface area contributed by atoms with Crippen LogP contribution in [0.2, 0.25) is 0 Å². The van der Waals surface area contributed by atoms with Gasteiger partial charge < -0.3 is 5.73 Å². The summed E-state index contributed by atoms with van der Waals surface area (Å²) in [5.74, 6) is 0.766. The van der Waals surface area contributed by atoms with E-state index in [-0.39, 0.29) is 6.04 Å². The second-order valence-electron chi connectivity index (χ2n) is 6.99. The van der Waals surface area contributed by atoms with Gasteiger partial charge in [0.2, 0.25) is 0 Å². The van der Waals surface area contributed by atoms with E-state index in [0.29, 0.717) is 12.3 Å². The molecule has 1 nitrogen and oxygen atoms in total. The summed E-state index contributed by atoms with van der Waals surface area (Å²) < 4.78 is 26.2. The highest BCUT2D eigenvalue weighted by atomic mass is 19.2. The summed E-state index contributed by atoms with van der Waals surface area (Å²) >= 11 is 0. The first kappa shape index (κ1) is 15.0. The summed E-state index contributed by atoms with van der Waals surface area (Å²) in [6.07, 6.45) is 9.91. The minimum absolute atomic E-state index is 0.0673. The Morgan fingerprint density at radius 2 is 1.76 bits per heavy atom. The second kappa shape index (κ2) is 6.43. The maximum absolute atomic E-state index is 13.3. The maximum atomic E-state index is 13.3. The molecule has 3 rings (SSSR count). The summed E-state index contributed by atoms with van der Waals surface area (Å²) in [5.41, 5.74) is 7.19. The van der Waals surface area contributed by atoms with Gasteiger partial charge in [0.25, 0.3) is 0 Å². The molecule has 2 fully saturated rings. The molecule has 0 heterocycles. The van der Waals surface area contributed by atoms with Gasteiger partial charge in [-0.1, -0.05) is 31.7 Å². The van der Waals surface area contributed by atoms with Gasteiger partial charge >= 0.3 is 0 Å². The van der Waals surface area contributed by atoms with Crippen LogP contribution >= 0.6 is 0 Å². The van der Waals surface area contributed by atoms with Crippen molar-refractivity contribution in [1.29, 1.82) is 0 Å². The molecule has 0 spiro atoms. The number of hydrogen-bond acceptors (Lipinski definition) is 1. The number of hydrogen-bond donors (Lipinski definition) is 1. The zero-order valence-electron chi connectivity index (χ0n) is 12.5. The van der Waals surface area contributed by atoms with Crippen molar-refractivity contribution in [2.24, 2.45) is 23.5 Å². The molecule has 0 bridgehead atoms. The summed E-state index contributed by atoms with van der Waals surface area (Å²) in [6.45, 7) is 0. The van der Waals surface area contributed by atoms with Gasteiger partial charge in [0.15, 0.2) is 11.6 Å². The van der Waals surface area contributed by atoms with Gasteiger partial charge in [0, 0.05) is 6.04 Å². The highest BCUT2D eigenvalue weighted by Crippen LogP contribution is 2.43. The van der Waals surface area contributed by atoms with Crippen molar-refractivity contribution < 1.29 is 8.78 Å². The summed E-state index contributed by atoms with van der Waals surface area (Å²) in [4.78, 5) is 0. The number of nitrogens with two attached hydrogens (primary N) is 1. The van der Waals surface area contributed by atoms with E-state index in [9.17, 15) is 8.78 Å². The minimum Gasteiger partial charge on any atom is -0.327 e. The molecule has 1 aromatic rings. The minimum atomic E-state index is -0.782. The van der Waals surface area contributed by atoms with Crippen molar-refractivity contribution in [3.8, 4) is 0 Å².